The minimum atomic E-state index is -0.216. The molecule has 2 rings (SSSR count). The number of para-hydroxylation sites is 1. The van der Waals surface area contributed by atoms with Crippen LogP contribution >= 0.6 is 0 Å². The van der Waals surface area contributed by atoms with E-state index in [4.69, 9.17) is 4.74 Å². The first-order chi connectivity index (χ1) is 11.2. The van der Waals surface area contributed by atoms with Crippen molar-refractivity contribution in [3.8, 4) is 11.8 Å². The monoisotopic (exact) mass is 314 g/mol. The van der Waals surface area contributed by atoms with Crippen LogP contribution in [0.2, 0.25) is 0 Å². The predicted octanol–water partition coefficient (Wildman–Crippen LogP) is 3.45. The summed E-state index contributed by atoms with van der Waals surface area (Å²) >= 11 is 0. The van der Waals surface area contributed by atoms with E-state index in [0.717, 1.165) is 25.9 Å². The topological polar surface area (TPSA) is 32.8 Å². The highest BCUT2D eigenvalue weighted by Gasteiger charge is 2.22. The second-order valence-corrected chi connectivity index (χ2v) is 5.73. The summed E-state index contributed by atoms with van der Waals surface area (Å²) in [5, 5.41) is 0. The predicted molar refractivity (Wildman–Crippen MR) is 93.6 cm³/mol. The van der Waals surface area contributed by atoms with Crippen LogP contribution in [0, 0.1) is 18.8 Å². The van der Waals surface area contributed by atoms with E-state index in [-0.39, 0.29) is 6.09 Å². The molecule has 1 heterocycles. The number of ether oxygens (including phenoxy) is 1. The minimum absolute atomic E-state index is 0.216. The first-order valence-corrected chi connectivity index (χ1v) is 8.40. The lowest BCUT2D eigenvalue weighted by molar-refractivity contribution is 0.102. The molecule has 1 aromatic carbocycles. The normalized spacial score (nSPS) is 14.2. The molecule has 0 radical (unpaired) electrons. The molecular formula is C19H26N2O2. The number of carbonyl (C=O) groups excluding carboxylic acids is 1. The van der Waals surface area contributed by atoms with Crippen molar-refractivity contribution in [2.75, 3.05) is 37.7 Å². The molecule has 124 valence electrons. The Hall–Kier alpha value is -2.15. The average molecular weight is 314 g/mol. The third-order valence-electron chi connectivity index (χ3n) is 3.95. The summed E-state index contributed by atoms with van der Waals surface area (Å²) in [6.45, 7) is 7.70. The lowest BCUT2D eigenvalue weighted by atomic mass is 10.1. The second kappa shape index (κ2) is 9.09. The minimum Gasteiger partial charge on any atom is -0.448 e. The Morgan fingerprint density at radius 2 is 1.83 bits per heavy atom. The van der Waals surface area contributed by atoms with Crippen LogP contribution < -0.4 is 4.90 Å². The number of rotatable bonds is 4. The van der Waals surface area contributed by atoms with Gasteiger partial charge in [0.15, 0.2) is 0 Å². The van der Waals surface area contributed by atoms with Crippen LogP contribution in [0.3, 0.4) is 0 Å². The van der Waals surface area contributed by atoms with Crippen molar-refractivity contribution in [2.45, 2.75) is 33.1 Å². The van der Waals surface area contributed by atoms with Crippen LogP contribution in [0.25, 0.3) is 0 Å². The second-order valence-electron chi connectivity index (χ2n) is 5.73. The van der Waals surface area contributed by atoms with Gasteiger partial charge in [-0.05, 0) is 25.0 Å². The van der Waals surface area contributed by atoms with E-state index in [1.165, 1.54) is 11.3 Å². The molecule has 4 heteroatoms. The zero-order valence-corrected chi connectivity index (χ0v) is 14.2. The zero-order chi connectivity index (χ0) is 16.5. The zero-order valence-electron chi connectivity index (χ0n) is 14.2. The van der Waals surface area contributed by atoms with E-state index in [1.807, 2.05) is 0 Å². The number of benzene rings is 1. The first-order valence-electron chi connectivity index (χ1n) is 8.40. The fraction of sp³-hybridized carbons (Fsp3) is 0.526. The fourth-order valence-electron chi connectivity index (χ4n) is 2.63. The summed E-state index contributed by atoms with van der Waals surface area (Å²) in [5.74, 6) is 6.08. The standard InChI is InChI=1S/C19H26N2O2/c1-3-4-5-6-9-16-23-19(22)21-14-12-20(13-15-21)18-11-8-7-10-17(18)2/h7-8,10-11H,3-4,9,12-16H2,1-2H3. The molecule has 0 N–H and O–H groups in total. The number of unbranched alkanes of at least 4 members (excludes halogenated alkanes) is 1. The molecule has 0 unspecified atom stereocenters. The van der Waals surface area contributed by atoms with Gasteiger partial charge < -0.3 is 14.5 Å². The van der Waals surface area contributed by atoms with Gasteiger partial charge in [-0.1, -0.05) is 31.0 Å². The van der Waals surface area contributed by atoms with Crippen LogP contribution in [0.15, 0.2) is 24.3 Å². The van der Waals surface area contributed by atoms with Gasteiger partial charge in [0.05, 0.1) is 0 Å². The van der Waals surface area contributed by atoms with Gasteiger partial charge >= 0.3 is 6.09 Å². The highest BCUT2D eigenvalue weighted by molar-refractivity contribution is 5.68. The molecule has 1 amide bonds. The van der Waals surface area contributed by atoms with E-state index in [9.17, 15) is 4.79 Å². The molecule has 0 saturated carbocycles. The Balaban J connectivity index is 1.73. The largest absolute Gasteiger partial charge is 0.448 e. The van der Waals surface area contributed by atoms with Crippen molar-refractivity contribution in [3.63, 3.8) is 0 Å². The van der Waals surface area contributed by atoms with Gasteiger partial charge in [0.25, 0.3) is 0 Å². The lowest BCUT2D eigenvalue weighted by Crippen LogP contribution is -2.49. The van der Waals surface area contributed by atoms with Gasteiger partial charge in [-0.25, -0.2) is 4.79 Å². The Morgan fingerprint density at radius 1 is 1.13 bits per heavy atom. The van der Waals surface area contributed by atoms with E-state index in [2.05, 4.69) is 54.9 Å². The number of hydrogen-bond donors (Lipinski definition) is 0. The third kappa shape index (κ3) is 5.21. The maximum absolute atomic E-state index is 12.0. The smallest absolute Gasteiger partial charge is 0.409 e. The first kappa shape index (κ1) is 17.2. The van der Waals surface area contributed by atoms with Gasteiger partial charge in [0.2, 0.25) is 0 Å². The Bertz CT molecular complexity index is 566. The molecule has 0 spiro atoms. The maximum atomic E-state index is 12.0. The number of anilines is 1. The molecule has 0 bridgehead atoms. The van der Waals surface area contributed by atoms with Crippen molar-refractivity contribution < 1.29 is 9.53 Å². The van der Waals surface area contributed by atoms with E-state index >= 15 is 0 Å². The van der Waals surface area contributed by atoms with Gasteiger partial charge in [-0.15, -0.1) is 5.92 Å². The number of hydrogen-bond acceptors (Lipinski definition) is 3. The number of aryl methyl sites for hydroxylation is 1. The van der Waals surface area contributed by atoms with Crippen molar-refractivity contribution in [1.29, 1.82) is 0 Å². The van der Waals surface area contributed by atoms with Crippen molar-refractivity contribution in [1.82, 2.24) is 4.90 Å². The number of carbonyl (C=O) groups is 1. The molecule has 23 heavy (non-hydrogen) atoms. The molecular weight excluding hydrogens is 288 g/mol. The summed E-state index contributed by atoms with van der Waals surface area (Å²) in [7, 11) is 0. The number of piperazine rings is 1. The molecule has 1 aliphatic heterocycles. The molecule has 1 aromatic rings. The van der Waals surface area contributed by atoms with Gasteiger partial charge in [0.1, 0.15) is 6.61 Å². The molecule has 0 aliphatic carbocycles. The van der Waals surface area contributed by atoms with Gasteiger partial charge in [-0.3, -0.25) is 0 Å². The van der Waals surface area contributed by atoms with E-state index < -0.39 is 0 Å². The summed E-state index contributed by atoms with van der Waals surface area (Å²) in [5.41, 5.74) is 2.53. The molecule has 1 saturated heterocycles. The third-order valence-corrected chi connectivity index (χ3v) is 3.95. The van der Waals surface area contributed by atoms with Crippen LogP contribution in [0.5, 0.6) is 0 Å². The molecule has 0 aromatic heterocycles. The fourth-order valence-corrected chi connectivity index (χ4v) is 2.63. The van der Waals surface area contributed by atoms with Crippen molar-refractivity contribution in [2.24, 2.45) is 0 Å². The Morgan fingerprint density at radius 3 is 2.52 bits per heavy atom. The summed E-state index contributed by atoms with van der Waals surface area (Å²) in [6.07, 6.45) is 2.38. The number of amides is 1. The average Bonchev–Trinajstić information content (AvgIpc) is 2.58. The summed E-state index contributed by atoms with van der Waals surface area (Å²) in [4.78, 5) is 16.1. The molecule has 0 atom stereocenters. The highest BCUT2D eigenvalue weighted by Crippen LogP contribution is 2.20. The molecule has 1 fully saturated rings. The summed E-state index contributed by atoms with van der Waals surface area (Å²) < 4.78 is 5.29. The lowest BCUT2D eigenvalue weighted by Gasteiger charge is -2.36. The highest BCUT2D eigenvalue weighted by atomic mass is 16.6. The van der Waals surface area contributed by atoms with Gasteiger partial charge in [-0.2, -0.15) is 0 Å². The molecule has 4 nitrogen and oxygen atoms in total. The number of nitrogens with zero attached hydrogens (tertiary/aromatic N) is 2. The van der Waals surface area contributed by atoms with E-state index in [0.29, 0.717) is 26.1 Å². The van der Waals surface area contributed by atoms with Crippen LogP contribution in [-0.4, -0.2) is 43.8 Å². The Labute approximate surface area is 139 Å². The summed E-state index contributed by atoms with van der Waals surface area (Å²) in [6, 6.07) is 8.37. The van der Waals surface area contributed by atoms with Crippen molar-refractivity contribution in [3.05, 3.63) is 29.8 Å². The van der Waals surface area contributed by atoms with Crippen molar-refractivity contribution >= 4 is 11.8 Å². The van der Waals surface area contributed by atoms with Crippen LogP contribution in [0.4, 0.5) is 10.5 Å². The van der Waals surface area contributed by atoms with Crippen LogP contribution in [0.1, 0.15) is 31.7 Å². The SMILES string of the molecule is CCCC#CCCOC(=O)N1CCN(c2ccccc2C)CC1. The Kier molecular flexibility index (Phi) is 6.80. The quantitative estimate of drug-likeness (QED) is 0.630. The molecule has 1 aliphatic rings. The van der Waals surface area contributed by atoms with Crippen LogP contribution in [-0.2, 0) is 4.74 Å². The maximum Gasteiger partial charge on any atom is 0.409 e. The van der Waals surface area contributed by atoms with E-state index in [1.54, 1.807) is 4.90 Å². The van der Waals surface area contributed by atoms with Gasteiger partial charge in [0, 0.05) is 44.7 Å².